The minimum Gasteiger partial charge on any atom is -0.360 e. The molecule has 1 nitrogen and oxygen atoms in total. The average molecular weight is 264 g/mol. The van der Waals surface area contributed by atoms with E-state index in [1.165, 1.54) is 22.0 Å². The number of rotatable bonds is 0. The Balaban J connectivity index is 2.40. The summed E-state index contributed by atoms with van der Waals surface area (Å²) in [5, 5.41) is 0. The zero-order chi connectivity index (χ0) is 8.28. The van der Waals surface area contributed by atoms with Crippen LogP contribution in [0.5, 0.6) is 0 Å². The molecule has 0 aromatic rings. The van der Waals surface area contributed by atoms with E-state index >= 15 is 0 Å². The molecule has 62 valence electrons. The second-order valence-electron chi connectivity index (χ2n) is 4.05. The van der Waals surface area contributed by atoms with E-state index in [9.17, 15) is 0 Å². The van der Waals surface area contributed by atoms with Crippen LogP contribution in [0.2, 0.25) is 0 Å². The Hall–Kier alpha value is 0.430. The van der Waals surface area contributed by atoms with Crippen LogP contribution in [0.4, 0.5) is 0 Å². The van der Waals surface area contributed by atoms with Gasteiger partial charge in [0.1, 0.15) is 0 Å². The maximum atomic E-state index is 5.99. The number of hydrogen-bond donors (Lipinski definition) is 0. The summed E-state index contributed by atoms with van der Waals surface area (Å²) in [7, 11) is 0. The van der Waals surface area contributed by atoms with E-state index in [0.29, 0.717) is 0 Å². The first-order chi connectivity index (χ1) is 4.98. The van der Waals surface area contributed by atoms with Gasteiger partial charge in [-0.05, 0) is 61.8 Å². The summed E-state index contributed by atoms with van der Waals surface area (Å²) in [5.41, 5.74) is 1.64. The SMILES string of the molecule is CC1=C(I)C(C)(C)OC12CC2. The lowest BCUT2D eigenvalue weighted by Gasteiger charge is -2.20. The summed E-state index contributed by atoms with van der Waals surface area (Å²) in [6, 6.07) is 0. The molecular weight excluding hydrogens is 251 g/mol. The molecule has 2 rings (SSSR count). The van der Waals surface area contributed by atoms with Gasteiger partial charge in [-0.2, -0.15) is 0 Å². The summed E-state index contributed by atoms with van der Waals surface area (Å²) in [6.45, 7) is 6.53. The van der Waals surface area contributed by atoms with Gasteiger partial charge in [0, 0.05) is 3.58 Å². The van der Waals surface area contributed by atoms with Crippen molar-refractivity contribution in [3.05, 3.63) is 9.15 Å². The Morgan fingerprint density at radius 2 is 1.91 bits per heavy atom. The van der Waals surface area contributed by atoms with Crippen LogP contribution in [0.25, 0.3) is 0 Å². The lowest BCUT2D eigenvalue weighted by molar-refractivity contribution is -0.0171. The highest BCUT2D eigenvalue weighted by Crippen LogP contribution is 2.57. The molecule has 1 heterocycles. The maximum Gasteiger partial charge on any atom is 0.0944 e. The molecule has 0 amide bonds. The number of ether oxygens (including phenoxy) is 1. The predicted octanol–water partition coefficient (Wildman–Crippen LogP) is 3.04. The summed E-state index contributed by atoms with van der Waals surface area (Å²) < 4.78 is 7.40. The molecule has 0 aromatic heterocycles. The molecule has 1 saturated carbocycles. The Morgan fingerprint density at radius 1 is 1.36 bits per heavy atom. The molecule has 0 aromatic carbocycles. The Morgan fingerprint density at radius 3 is 2.09 bits per heavy atom. The predicted molar refractivity (Wildman–Crippen MR) is 53.8 cm³/mol. The first-order valence-electron chi connectivity index (χ1n) is 4.05. The molecule has 1 spiro atoms. The molecule has 0 saturated heterocycles. The Bertz CT molecular complexity index is 224. The Labute approximate surface area is 81.3 Å². The number of hydrogen-bond acceptors (Lipinski definition) is 1. The van der Waals surface area contributed by atoms with Gasteiger partial charge in [0.25, 0.3) is 0 Å². The quantitative estimate of drug-likeness (QED) is 0.611. The van der Waals surface area contributed by atoms with Gasteiger partial charge in [0.05, 0.1) is 11.2 Å². The zero-order valence-electron chi connectivity index (χ0n) is 7.20. The molecule has 0 radical (unpaired) electrons. The molecular formula is C9H13IO. The van der Waals surface area contributed by atoms with E-state index < -0.39 is 0 Å². The topological polar surface area (TPSA) is 9.23 Å². The standard InChI is InChI=1S/C9H13IO/c1-6-7(10)8(2,3)11-9(6)4-5-9/h4-5H2,1-3H3. The van der Waals surface area contributed by atoms with Crippen LogP contribution >= 0.6 is 22.6 Å². The second-order valence-corrected chi connectivity index (χ2v) is 5.12. The van der Waals surface area contributed by atoms with E-state index in [-0.39, 0.29) is 11.2 Å². The maximum absolute atomic E-state index is 5.99. The molecule has 1 aliphatic heterocycles. The molecule has 11 heavy (non-hydrogen) atoms. The first kappa shape index (κ1) is 8.05. The van der Waals surface area contributed by atoms with Crippen LogP contribution in [-0.4, -0.2) is 11.2 Å². The normalized spacial score (nSPS) is 31.6. The molecule has 0 bridgehead atoms. The lowest BCUT2D eigenvalue weighted by Crippen LogP contribution is -2.23. The third-order valence-electron chi connectivity index (χ3n) is 2.70. The minimum absolute atomic E-state index is 0.0128. The fourth-order valence-corrected chi connectivity index (χ4v) is 2.45. The summed E-state index contributed by atoms with van der Waals surface area (Å²) in [5.74, 6) is 0. The van der Waals surface area contributed by atoms with Crippen LogP contribution in [-0.2, 0) is 4.74 Å². The molecule has 0 N–H and O–H groups in total. The molecule has 2 aliphatic rings. The third kappa shape index (κ3) is 0.985. The summed E-state index contributed by atoms with van der Waals surface area (Å²) >= 11 is 2.42. The molecule has 1 aliphatic carbocycles. The van der Waals surface area contributed by atoms with Crippen molar-refractivity contribution >= 4 is 22.6 Å². The lowest BCUT2D eigenvalue weighted by atomic mass is 10.1. The van der Waals surface area contributed by atoms with Crippen molar-refractivity contribution in [2.75, 3.05) is 0 Å². The van der Waals surface area contributed by atoms with Crippen LogP contribution in [0, 0.1) is 0 Å². The van der Waals surface area contributed by atoms with Crippen molar-refractivity contribution in [1.82, 2.24) is 0 Å². The van der Waals surface area contributed by atoms with Gasteiger partial charge < -0.3 is 4.74 Å². The second kappa shape index (κ2) is 2.02. The minimum atomic E-state index is -0.0128. The van der Waals surface area contributed by atoms with Crippen LogP contribution in [0.15, 0.2) is 9.15 Å². The van der Waals surface area contributed by atoms with E-state index in [1.807, 2.05) is 0 Å². The fraction of sp³-hybridized carbons (Fsp3) is 0.778. The van der Waals surface area contributed by atoms with Gasteiger partial charge in [-0.25, -0.2) is 0 Å². The highest BCUT2D eigenvalue weighted by molar-refractivity contribution is 14.1. The Kier molecular flexibility index (Phi) is 1.48. The van der Waals surface area contributed by atoms with Gasteiger partial charge in [0.15, 0.2) is 0 Å². The van der Waals surface area contributed by atoms with Crippen molar-refractivity contribution in [2.45, 2.75) is 44.8 Å². The van der Waals surface area contributed by atoms with Gasteiger partial charge in [-0.15, -0.1) is 0 Å². The van der Waals surface area contributed by atoms with Crippen molar-refractivity contribution in [2.24, 2.45) is 0 Å². The summed E-state index contributed by atoms with van der Waals surface area (Å²) in [6.07, 6.45) is 2.46. The fourth-order valence-electron chi connectivity index (χ4n) is 1.85. The molecule has 1 fully saturated rings. The molecule has 0 atom stereocenters. The van der Waals surface area contributed by atoms with Gasteiger partial charge in [-0.1, -0.05) is 0 Å². The van der Waals surface area contributed by atoms with Gasteiger partial charge >= 0.3 is 0 Å². The van der Waals surface area contributed by atoms with Crippen molar-refractivity contribution in [1.29, 1.82) is 0 Å². The van der Waals surface area contributed by atoms with E-state index in [0.717, 1.165) is 0 Å². The first-order valence-corrected chi connectivity index (χ1v) is 5.13. The zero-order valence-corrected chi connectivity index (χ0v) is 9.36. The van der Waals surface area contributed by atoms with E-state index in [2.05, 4.69) is 43.4 Å². The van der Waals surface area contributed by atoms with Gasteiger partial charge in [0.2, 0.25) is 0 Å². The van der Waals surface area contributed by atoms with Crippen LogP contribution < -0.4 is 0 Å². The monoisotopic (exact) mass is 264 g/mol. The van der Waals surface area contributed by atoms with Gasteiger partial charge in [-0.3, -0.25) is 0 Å². The van der Waals surface area contributed by atoms with Crippen molar-refractivity contribution in [3.8, 4) is 0 Å². The highest BCUT2D eigenvalue weighted by atomic mass is 127. The largest absolute Gasteiger partial charge is 0.360 e. The number of halogens is 1. The summed E-state index contributed by atoms with van der Waals surface area (Å²) in [4.78, 5) is 0. The third-order valence-corrected chi connectivity index (χ3v) is 4.80. The van der Waals surface area contributed by atoms with Crippen LogP contribution in [0.1, 0.15) is 33.6 Å². The van der Waals surface area contributed by atoms with E-state index in [4.69, 9.17) is 4.74 Å². The van der Waals surface area contributed by atoms with E-state index in [1.54, 1.807) is 0 Å². The van der Waals surface area contributed by atoms with Crippen LogP contribution in [0.3, 0.4) is 0 Å². The average Bonchev–Trinajstić information content (AvgIpc) is 2.62. The smallest absolute Gasteiger partial charge is 0.0944 e. The van der Waals surface area contributed by atoms with Crippen molar-refractivity contribution < 1.29 is 4.74 Å². The molecule has 2 heteroatoms. The van der Waals surface area contributed by atoms with Crippen molar-refractivity contribution in [3.63, 3.8) is 0 Å². The highest BCUT2D eigenvalue weighted by Gasteiger charge is 2.55. The molecule has 0 unspecified atom stereocenters.